The lowest BCUT2D eigenvalue weighted by Gasteiger charge is -2.10. The second kappa shape index (κ2) is 7.51. The Morgan fingerprint density at radius 2 is 1.64 bits per heavy atom. The summed E-state index contributed by atoms with van der Waals surface area (Å²) >= 11 is 0. The van der Waals surface area contributed by atoms with Gasteiger partial charge in [-0.2, -0.15) is 0 Å². The molecule has 0 aromatic heterocycles. The predicted octanol–water partition coefficient (Wildman–Crippen LogP) is 4.49. The first-order valence-electron chi connectivity index (χ1n) is 7.41. The fourth-order valence-electron chi connectivity index (χ4n) is 2.28. The van der Waals surface area contributed by atoms with Crippen molar-refractivity contribution in [2.75, 3.05) is 0 Å². The molecule has 2 heteroatoms. The van der Waals surface area contributed by atoms with Gasteiger partial charge in [-0.25, -0.2) is 0 Å². The van der Waals surface area contributed by atoms with Gasteiger partial charge in [0.2, 0.25) is 0 Å². The molecule has 1 unspecified atom stereocenters. The van der Waals surface area contributed by atoms with Crippen molar-refractivity contribution < 1.29 is 9.59 Å². The molecule has 0 radical (unpaired) electrons. The zero-order chi connectivity index (χ0) is 15.9. The largest absolute Gasteiger partial charge is 0.299 e. The summed E-state index contributed by atoms with van der Waals surface area (Å²) in [5.41, 5.74) is 2.87. The minimum Gasteiger partial charge on any atom is -0.299 e. The molecule has 0 heterocycles. The van der Waals surface area contributed by atoms with Gasteiger partial charge >= 0.3 is 0 Å². The predicted molar refractivity (Wildman–Crippen MR) is 89.8 cm³/mol. The normalized spacial score (nSPS) is 12.3. The Balaban J connectivity index is 2.08. The molecule has 0 aliphatic heterocycles. The molecule has 2 nitrogen and oxygen atoms in total. The van der Waals surface area contributed by atoms with E-state index in [-0.39, 0.29) is 11.6 Å². The van der Waals surface area contributed by atoms with E-state index < -0.39 is 5.92 Å². The molecule has 0 aliphatic rings. The summed E-state index contributed by atoms with van der Waals surface area (Å²) in [4.78, 5) is 24.2. The fraction of sp³-hybridized carbons (Fsp3) is 0.200. The van der Waals surface area contributed by atoms with E-state index >= 15 is 0 Å². The molecule has 0 aliphatic carbocycles. The maximum Gasteiger partial charge on any atom is 0.173 e. The number of ketones is 2. The van der Waals surface area contributed by atoms with Crippen molar-refractivity contribution in [1.82, 2.24) is 0 Å². The van der Waals surface area contributed by atoms with Crippen LogP contribution in [0.25, 0.3) is 6.08 Å². The van der Waals surface area contributed by atoms with E-state index in [2.05, 4.69) is 0 Å². The van der Waals surface area contributed by atoms with Crippen LogP contribution in [0.15, 0.2) is 60.7 Å². The Labute approximate surface area is 131 Å². The third kappa shape index (κ3) is 4.26. The van der Waals surface area contributed by atoms with Crippen LogP contribution in [0, 0.1) is 12.8 Å². The van der Waals surface area contributed by atoms with Gasteiger partial charge in [0.1, 0.15) is 5.78 Å². The Morgan fingerprint density at radius 3 is 2.23 bits per heavy atom. The summed E-state index contributed by atoms with van der Waals surface area (Å²) in [6.45, 7) is 3.52. The van der Waals surface area contributed by atoms with Crippen molar-refractivity contribution >= 4 is 17.6 Å². The third-order valence-electron chi connectivity index (χ3n) is 3.62. The van der Waals surface area contributed by atoms with E-state index in [1.165, 1.54) is 12.5 Å². The average Bonchev–Trinajstić information content (AvgIpc) is 2.53. The standard InChI is InChI=1S/C20H20O2/c1-15-11-13-17(14-12-15)7-6-10-19(16(2)21)20(22)18-8-4-3-5-9-18/h3-9,11-14,19H,10H2,1-2H3/b7-6-. The van der Waals surface area contributed by atoms with E-state index in [0.29, 0.717) is 12.0 Å². The van der Waals surface area contributed by atoms with E-state index in [9.17, 15) is 9.59 Å². The van der Waals surface area contributed by atoms with Crippen molar-refractivity contribution in [2.24, 2.45) is 5.92 Å². The first-order valence-corrected chi connectivity index (χ1v) is 7.41. The van der Waals surface area contributed by atoms with Gasteiger partial charge in [-0.05, 0) is 25.8 Å². The Kier molecular flexibility index (Phi) is 5.42. The highest BCUT2D eigenvalue weighted by Gasteiger charge is 2.22. The van der Waals surface area contributed by atoms with Crippen LogP contribution in [-0.4, -0.2) is 11.6 Å². The Hall–Kier alpha value is -2.48. The van der Waals surface area contributed by atoms with E-state index in [1.807, 2.05) is 61.5 Å². The highest BCUT2D eigenvalue weighted by atomic mass is 16.1. The molecule has 2 aromatic carbocycles. The summed E-state index contributed by atoms with van der Waals surface area (Å²) in [5, 5.41) is 0. The van der Waals surface area contributed by atoms with Crippen molar-refractivity contribution in [2.45, 2.75) is 20.3 Å². The molecule has 22 heavy (non-hydrogen) atoms. The summed E-state index contributed by atoms with van der Waals surface area (Å²) < 4.78 is 0. The van der Waals surface area contributed by atoms with Crippen molar-refractivity contribution in [1.29, 1.82) is 0 Å². The van der Waals surface area contributed by atoms with Gasteiger partial charge in [0.15, 0.2) is 5.78 Å². The van der Waals surface area contributed by atoms with Gasteiger partial charge in [-0.3, -0.25) is 9.59 Å². The number of rotatable bonds is 6. The van der Waals surface area contributed by atoms with Crippen LogP contribution in [0.5, 0.6) is 0 Å². The maximum absolute atomic E-state index is 12.4. The van der Waals surface area contributed by atoms with Gasteiger partial charge in [0.25, 0.3) is 0 Å². The lowest BCUT2D eigenvalue weighted by molar-refractivity contribution is -0.119. The number of hydrogen-bond acceptors (Lipinski definition) is 2. The Morgan fingerprint density at radius 1 is 1.00 bits per heavy atom. The second-order valence-electron chi connectivity index (χ2n) is 5.44. The number of Topliss-reactive ketones (excluding diaryl/α,β-unsaturated/α-hetero) is 2. The van der Waals surface area contributed by atoms with Crippen LogP contribution in [0.2, 0.25) is 0 Å². The fourth-order valence-corrected chi connectivity index (χ4v) is 2.28. The summed E-state index contributed by atoms with van der Waals surface area (Å²) in [7, 11) is 0. The quantitative estimate of drug-likeness (QED) is 0.581. The number of benzene rings is 2. The molecule has 0 bridgehead atoms. The average molecular weight is 292 g/mol. The first-order chi connectivity index (χ1) is 10.6. The maximum atomic E-state index is 12.4. The summed E-state index contributed by atoms with van der Waals surface area (Å²) in [6, 6.07) is 17.1. The lowest BCUT2D eigenvalue weighted by Crippen LogP contribution is -2.21. The molecule has 0 saturated heterocycles. The van der Waals surface area contributed by atoms with E-state index in [1.54, 1.807) is 12.1 Å². The van der Waals surface area contributed by atoms with Crippen LogP contribution in [0.1, 0.15) is 34.8 Å². The molecule has 0 fully saturated rings. The summed E-state index contributed by atoms with van der Waals surface area (Å²) in [6.07, 6.45) is 4.28. The van der Waals surface area contributed by atoms with Gasteiger partial charge in [0, 0.05) is 5.56 Å². The Bertz CT molecular complexity index is 667. The first kappa shape index (κ1) is 15.9. The zero-order valence-electron chi connectivity index (χ0n) is 13.0. The highest BCUT2D eigenvalue weighted by Crippen LogP contribution is 2.16. The van der Waals surface area contributed by atoms with Gasteiger partial charge in [-0.1, -0.05) is 72.3 Å². The number of carbonyl (C=O) groups excluding carboxylic acids is 2. The minimum atomic E-state index is -0.607. The van der Waals surface area contributed by atoms with Crippen molar-refractivity contribution in [3.8, 4) is 0 Å². The molecule has 112 valence electrons. The second-order valence-corrected chi connectivity index (χ2v) is 5.44. The number of aryl methyl sites for hydroxylation is 1. The number of carbonyl (C=O) groups is 2. The molecule has 0 amide bonds. The number of allylic oxidation sites excluding steroid dienone is 1. The monoisotopic (exact) mass is 292 g/mol. The zero-order valence-corrected chi connectivity index (χ0v) is 13.0. The van der Waals surface area contributed by atoms with E-state index in [4.69, 9.17) is 0 Å². The molecular weight excluding hydrogens is 272 g/mol. The van der Waals surface area contributed by atoms with Crippen LogP contribution >= 0.6 is 0 Å². The van der Waals surface area contributed by atoms with Crippen LogP contribution < -0.4 is 0 Å². The molecule has 0 spiro atoms. The summed E-state index contributed by atoms with van der Waals surface area (Å²) in [5.74, 6) is -0.812. The highest BCUT2D eigenvalue weighted by molar-refractivity contribution is 6.10. The molecule has 0 N–H and O–H groups in total. The smallest absolute Gasteiger partial charge is 0.173 e. The van der Waals surface area contributed by atoms with Gasteiger partial charge < -0.3 is 0 Å². The SMILES string of the molecule is CC(=O)C(C/C=C\c1ccc(C)cc1)C(=O)c1ccccc1. The van der Waals surface area contributed by atoms with Crippen molar-refractivity contribution in [3.05, 3.63) is 77.4 Å². The van der Waals surface area contributed by atoms with Crippen LogP contribution in [0.4, 0.5) is 0 Å². The van der Waals surface area contributed by atoms with Gasteiger partial charge in [-0.15, -0.1) is 0 Å². The molecule has 2 rings (SSSR count). The van der Waals surface area contributed by atoms with Crippen molar-refractivity contribution in [3.63, 3.8) is 0 Å². The van der Waals surface area contributed by atoms with Crippen LogP contribution in [0.3, 0.4) is 0 Å². The van der Waals surface area contributed by atoms with E-state index in [0.717, 1.165) is 5.56 Å². The topological polar surface area (TPSA) is 34.1 Å². The number of hydrogen-bond donors (Lipinski definition) is 0. The molecule has 0 saturated carbocycles. The third-order valence-corrected chi connectivity index (χ3v) is 3.62. The molecule has 1 atom stereocenters. The van der Waals surface area contributed by atoms with Gasteiger partial charge in [0.05, 0.1) is 5.92 Å². The molecule has 2 aromatic rings. The van der Waals surface area contributed by atoms with Crippen LogP contribution in [-0.2, 0) is 4.79 Å². The minimum absolute atomic E-state index is 0.0950. The lowest BCUT2D eigenvalue weighted by atomic mass is 9.91. The molecular formula is C20H20O2.